The first-order valence-electron chi connectivity index (χ1n) is 6.27. The monoisotopic (exact) mass is 302 g/mol. The van der Waals surface area contributed by atoms with Crippen LogP contribution in [0, 0.1) is 0 Å². The van der Waals surface area contributed by atoms with Crippen molar-refractivity contribution in [2.24, 2.45) is 0 Å². The zero-order chi connectivity index (χ0) is 15.2. The summed E-state index contributed by atoms with van der Waals surface area (Å²) in [5.41, 5.74) is 0.827. The lowest BCUT2D eigenvalue weighted by Crippen LogP contribution is -2.10. The molecule has 0 saturated heterocycles. The largest absolute Gasteiger partial charge is 0.419 e. The van der Waals surface area contributed by atoms with Gasteiger partial charge in [-0.25, -0.2) is 9.59 Å². The number of carbonyl (C=O) groups is 2. The van der Waals surface area contributed by atoms with Crippen LogP contribution in [0.25, 0.3) is 0 Å². The Morgan fingerprint density at radius 2 is 1.67 bits per heavy atom. The van der Waals surface area contributed by atoms with Crippen LogP contribution in [0.4, 0.5) is 0 Å². The van der Waals surface area contributed by atoms with Gasteiger partial charge in [0.2, 0.25) is 0 Å². The summed E-state index contributed by atoms with van der Waals surface area (Å²) in [5.74, 6) is -0.554. The Morgan fingerprint density at radius 1 is 1.00 bits per heavy atom. The average Bonchev–Trinajstić information content (AvgIpc) is 2.94. The van der Waals surface area contributed by atoms with Crippen LogP contribution in [0.1, 0.15) is 23.5 Å². The molecule has 0 unspecified atom stereocenters. The van der Waals surface area contributed by atoms with E-state index in [4.69, 9.17) is 9.47 Å². The summed E-state index contributed by atoms with van der Waals surface area (Å²) in [5, 5.41) is 1.79. The molecule has 5 heteroatoms. The summed E-state index contributed by atoms with van der Waals surface area (Å²) in [6.07, 6.45) is 1.37. The van der Waals surface area contributed by atoms with E-state index < -0.39 is 11.9 Å². The lowest BCUT2D eigenvalue weighted by Gasteiger charge is -2.08. The van der Waals surface area contributed by atoms with Crippen LogP contribution in [-0.2, 0) is 4.79 Å². The van der Waals surface area contributed by atoms with E-state index in [0.717, 1.165) is 5.57 Å². The number of carbonyl (C=O) groups excluding carboxylic acids is 2. The maximum atomic E-state index is 11.9. The smallest absolute Gasteiger partial charge is 0.353 e. The molecule has 0 amide bonds. The SMILES string of the molecule is CC(C)=CC(=O)Oc1ccccc1OC(=O)c1cccs1. The molecule has 0 N–H and O–H groups in total. The quantitative estimate of drug-likeness (QED) is 0.489. The van der Waals surface area contributed by atoms with Crippen molar-refractivity contribution in [2.45, 2.75) is 13.8 Å². The van der Waals surface area contributed by atoms with E-state index in [-0.39, 0.29) is 11.5 Å². The van der Waals surface area contributed by atoms with E-state index in [9.17, 15) is 9.59 Å². The second kappa shape index (κ2) is 6.85. The standard InChI is InChI=1S/C16H14O4S/c1-11(2)10-15(17)19-12-6-3-4-7-13(12)20-16(18)14-8-5-9-21-14/h3-10H,1-2H3. The molecule has 21 heavy (non-hydrogen) atoms. The number of thiophene rings is 1. The molecular weight excluding hydrogens is 288 g/mol. The third-order valence-corrected chi connectivity index (χ3v) is 3.24. The van der Waals surface area contributed by atoms with Crippen molar-refractivity contribution < 1.29 is 19.1 Å². The summed E-state index contributed by atoms with van der Waals surface area (Å²) in [7, 11) is 0. The zero-order valence-corrected chi connectivity index (χ0v) is 12.5. The van der Waals surface area contributed by atoms with Crippen LogP contribution >= 0.6 is 11.3 Å². The predicted octanol–water partition coefficient (Wildman–Crippen LogP) is 3.84. The van der Waals surface area contributed by atoms with E-state index in [1.807, 2.05) is 0 Å². The molecule has 0 aliphatic heterocycles. The highest BCUT2D eigenvalue weighted by Crippen LogP contribution is 2.28. The number of benzene rings is 1. The van der Waals surface area contributed by atoms with E-state index >= 15 is 0 Å². The normalized spacial score (nSPS) is 9.81. The average molecular weight is 302 g/mol. The number of hydrogen-bond acceptors (Lipinski definition) is 5. The first-order chi connectivity index (χ1) is 10.1. The molecule has 1 aromatic carbocycles. The summed E-state index contributed by atoms with van der Waals surface area (Å²) in [4.78, 5) is 24.1. The molecule has 0 saturated carbocycles. The summed E-state index contributed by atoms with van der Waals surface area (Å²) in [6, 6.07) is 10.0. The van der Waals surface area contributed by atoms with Gasteiger partial charge in [0.25, 0.3) is 0 Å². The van der Waals surface area contributed by atoms with Crippen LogP contribution in [0.15, 0.2) is 53.4 Å². The number of para-hydroxylation sites is 2. The molecule has 2 aromatic rings. The number of esters is 2. The fraction of sp³-hybridized carbons (Fsp3) is 0.125. The Balaban J connectivity index is 2.15. The molecule has 0 bridgehead atoms. The fourth-order valence-corrected chi connectivity index (χ4v) is 2.14. The first kappa shape index (κ1) is 15.0. The molecule has 4 nitrogen and oxygen atoms in total. The summed E-state index contributed by atoms with van der Waals surface area (Å²) in [6.45, 7) is 3.59. The van der Waals surface area contributed by atoms with Gasteiger partial charge in [0.05, 0.1) is 0 Å². The Labute approximate surface area is 126 Å². The first-order valence-corrected chi connectivity index (χ1v) is 7.15. The minimum Gasteiger partial charge on any atom is -0.419 e. The second-order valence-corrected chi connectivity index (χ2v) is 5.40. The minimum absolute atomic E-state index is 0.213. The Hall–Kier alpha value is -2.40. The van der Waals surface area contributed by atoms with Crippen LogP contribution in [0.5, 0.6) is 11.5 Å². The van der Waals surface area contributed by atoms with Crippen molar-refractivity contribution >= 4 is 23.3 Å². The van der Waals surface area contributed by atoms with Crippen molar-refractivity contribution in [2.75, 3.05) is 0 Å². The van der Waals surface area contributed by atoms with Crippen molar-refractivity contribution in [3.8, 4) is 11.5 Å². The lowest BCUT2D eigenvalue weighted by molar-refractivity contribution is -0.129. The summed E-state index contributed by atoms with van der Waals surface area (Å²) >= 11 is 1.29. The van der Waals surface area contributed by atoms with Crippen LogP contribution in [-0.4, -0.2) is 11.9 Å². The van der Waals surface area contributed by atoms with Gasteiger partial charge < -0.3 is 9.47 Å². The fourth-order valence-electron chi connectivity index (χ4n) is 1.54. The zero-order valence-electron chi connectivity index (χ0n) is 11.7. The van der Waals surface area contributed by atoms with Gasteiger partial charge in [-0.15, -0.1) is 11.3 Å². The number of rotatable bonds is 4. The molecule has 0 radical (unpaired) electrons. The van der Waals surface area contributed by atoms with E-state index in [2.05, 4.69) is 0 Å². The molecule has 0 aliphatic carbocycles. The van der Waals surface area contributed by atoms with Crippen molar-refractivity contribution in [1.82, 2.24) is 0 Å². The van der Waals surface area contributed by atoms with Gasteiger partial charge >= 0.3 is 11.9 Å². The summed E-state index contributed by atoms with van der Waals surface area (Å²) < 4.78 is 10.5. The van der Waals surface area contributed by atoms with Crippen molar-refractivity contribution in [3.05, 3.63) is 58.3 Å². The maximum Gasteiger partial charge on any atom is 0.353 e. The lowest BCUT2D eigenvalue weighted by atomic mass is 10.3. The van der Waals surface area contributed by atoms with Gasteiger partial charge in [-0.2, -0.15) is 0 Å². The van der Waals surface area contributed by atoms with E-state index in [1.54, 1.807) is 55.6 Å². The van der Waals surface area contributed by atoms with Gasteiger partial charge in [-0.1, -0.05) is 23.8 Å². The Bertz CT molecular complexity index is 667. The highest BCUT2D eigenvalue weighted by molar-refractivity contribution is 7.12. The van der Waals surface area contributed by atoms with E-state index in [0.29, 0.717) is 4.88 Å². The van der Waals surface area contributed by atoms with Gasteiger partial charge in [0.15, 0.2) is 11.5 Å². The van der Waals surface area contributed by atoms with Gasteiger partial charge in [0.1, 0.15) is 4.88 Å². The Morgan fingerprint density at radius 3 is 2.24 bits per heavy atom. The minimum atomic E-state index is -0.505. The van der Waals surface area contributed by atoms with E-state index in [1.165, 1.54) is 17.4 Å². The molecule has 0 atom stereocenters. The Kier molecular flexibility index (Phi) is 4.90. The number of hydrogen-bond donors (Lipinski definition) is 0. The molecule has 1 heterocycles. The third kappa shape index (κ3) is 4.29. The van der Waals surface area contributed by atoms with Gasteiger partial charge in [-0.05, 0) is 37.4 Å². The molecule has 108 valence electrons. The van der Waals surface area contributed by atoms with Gasteiger partial charge in [0, 0.05) is 6.08 Å². The van der Waals surface area contributed by atoms with Crippen molar-refractivity contribution in [3.63, 3.8) is 0 Å². The molecule has 0 aliphatic rings. The molecule has 2 rings (SSSR count). The van der Waals surface area contributed by atoms with Crippen molar-refractivity contribution in [1.29, 1.82) is 0 Å². The van der Waals surface area contributed by atoms with Crippen LogP contribution < -0.4 is 9.47 Å². The topological polar surface area (TPSA) is 52.6 Å². The highest BCUT2D eigenvalue weighted by atomic mass is 32.1. The third-order valence-electron chi connectivity index (χ3n) is 2.39. The second-order valence-electron chi connectivity index (χ2n) is 4.46. The molecular formula is C16H14O4S. The van der Waals surface area contributed by atoms with Crippen LogP contribution in [0.3, 0.4) is 0 Å². The van der Waals surface area contributed by atoms with Crippen LogP contribution in [0.2, 0.25) is 0 Å². The molecule has 0 fully saturated rings. The number of ether oxygens (including phenoxy) is 2. The highest BCUT2D eigenvalue weighted by Gasteiger charge is 2.14. The predicted molar refractivity (Wildman–Crippen MR) is 80.8 cm³/mol. The van der Waals surface area contributed by atoms with Gasteiger partial charge in [-0.3, -0.25) is 0 Å². The number of allylic oxidation sites excluding steroid dienone is 1. The molecule has 0 spiro atoms. The maximum absolute atomic E-state index is 11.9. The molecule has 1 aromatic heterocycles.